The number of nitrogens with two attached hydrogens (primary N) is 1. The molecule has 2 heterocycles. The zero-order chi connectivity index (χ0) is 18.5. The standard InChI is InChI=1S/C17H22FN5O2S/c1-12(15(19)24)26-17-21-20-16(13-2-4-14(18)5-3-13)23(17)7-6-22-8-10-25-11-9-22/h2-5,12H,6-11H2,1H3,(H2,19,24). The summed E-state index contributed by atoms with van der Waals surface area (Å²) in [7, 11) is 0. The van der Waals surface area contributed by atoms with E-state index in [0.29, 0.717) is 17.5 Å². The van der Waals surface area contributed by atoms with Crippen LogP contribution in [-0.4, -0.2) is 63.7 Å². The van der Waals surface area contributed by atoms with E-state index in [2.05, 4.69) is 15.1 Å². The van der Waals surface area contributed by atoms with Crippen molar-refractivity contribution in [3.8, 4) is 11.4 Å². The van der Waals surface area contributed by atoms with E-state index in [4.69, 9.17) is 10.5 Å². The third-order valence-electron chi connectivity index (χ3n) is 4.25. The minimum absolute atomic E-state index is 0.301. The molecule has 1 saturated heterocycles. The van der Waals surface area contributed by atoms with Crippen molar-refractivity contribution in [2.75, 3.05) is 32.8 Å². The van der Waals surface area contributed by atoms with Gasteiger partial charge in [-0.2, -0.15) is 0 Å². The number of morpholine rings is 1. The van der Waals surface area contributed by atoms with Crippen LogP contribution in [0.2, 0.25) is 0 Å². The van der Waals surface area contributed by atoms with E-state index < -0.39 is 11.2 Å². The van der Waals surface area contributed by atoms with Crippen molar-refractivity contribution in [1.29, 1.82) is 0 Å². The van der Waals surface area contributed by atoms with Crippen LogP contribution < -0.4 is 5.73 Å². The van der Waals surface area contributed by atoms with Crippen LogP contribution in [0.3, 0.4) is 0 Å². The van der Waals surface area contributed by atoms with E-state index >= 15 is 0 Å². The first-order valence-electron chi connectivity index (χ1n) is 8.50. The lowest BCUT2D eigenvalue weighted by Crippen LogP contribution is -2.38. The zero-order valence-corrected chi connectivity index (χ0v) is 15.4. The van der Waals surface area contributed by atoms with Crippen molar-refractivity contribution < 1.29 is 13.9 Å². The Morgan fingerprint density at radius 1 is 1.27 bits per heavy atom. The van der Waals surface area contributed by atoms with Crippen molar-refractivity contribution >= 4 is 17.7 Å². The topological polar surface area (TPSA) is 86.3 Å². The van der Waals surface area contributed by atoms with Gasteiger partial charge < -0.3 is 15.0 Å². The molecule has 1 aromatic carbocycles. The fourth-order valence-electron chi connectivity index (χ4n) is 2.67. The summed E-state index contributed by atoms with van der Waals surface area (Å²) >= 11 is 1.28. The average Bonchev–Trinajstić information content (AvgIpc) is 3.04. The number of primary amides is 1. The van der Waals surface area contributed by atoms with E-state index in [1.165, 1.54) is 23.9 Å². The van der Waals surface area contributed by atoms with Gasteiger partial charge in [-0.15, -0.1) is 10.2 Å². The third-order valence-corrected chi connectivity index (χ3v) is 5.34. The molecule has 2 aromatic rings. The summed E-state index contributed by atoms with van der Waals surface area (Å²) in [5, 5.41) is 8.71. The highest BCUT2D eigenvalue weighted by molar-refractivity contribution is 8.00. The van der Waals surface area contributed by atoms with Crippen LogP contribution in [0, 0.1) is 5.82 Å². The molecule has 0 saturated carbocycles. The first kappa shape index (κ1) is 18.8. The molecule has 140 valence electrons. The number of hydrogen-bond donors (Lipinski definition) is 1. The molecule has 0 aliphatic carbocycles. The van der Waals surface area contributed by atoms with Crippen molar-refractivity contribution in [1.82, 2.24) is 19.7 Å². The Hall–Kier alpha value is -1.97. The number of carbonyl (C=O) groups is 1. The van der Waals surface area contributed by atoms with Gasteiger partial charge in [-0.25, -0.2) is 4.39 Å². The molecule has 3 rings (SSSR count). The number of carbonyl (C=O) groups excluding carboxylic acids is 1. The van der Waals surface area contributed by atoms with Gasteiger partial charge in [0.2, 0.25) is 5.91 Å². The van der Waals surface area contributed by atoms with E-state index in [1.807, 2.05) is 4.57 Å². The van der Waals surface area contributed by atoms with Gasteiger partial charge in [0.1, 0.15) is 5.82 Å². The predicted octanol–water partition coefficient (Wildman–Crippen LogP) is 1.38. The maximum Gasteiger partial charge on any atom is 0.230 e. The molecule has 1 aliphatic heterocycles. The van der Waals surface area contributed by atoms with Crippen molar-refractivity contribution in [3.05, 3.63) is 30.1 Å². The Labute approximate surface area is 155 Å². The van der Waals surface area contributed by atoms with Gasteiger partial charge in [-0.05, 0) is 31.2 Å². The Bertz CT molecular complexity index is 746. The van der Waals surface area contributed by atoms with Crippen LogP contribution in [0.25, 0.3) is 11.4 Å². The number of amides is 1. The molecular weight excluding hydrogens is 357 g/mol. The monoisotopic (exact) mass is 379 g/mol. The molecule has 1 fully saturated rings. The molecule has 1 amide bonds. The Kier molecular flexibility index (Phi) is 6.23. The summed E-state index contributed by atoms with van der Waals surface area (Å²) in [6.45, 7) is 6.44. The lowest BCUT2D eigenvalue weighted by Gasteiger charge is -2.27. The normalized spacial score (nSPS) is 16.5. The summed E-state index contributed by atoms with van der Waals surface area (Å²) in [6, 6.07) is 6.15. The molecule has 2 N–H and O–H groups in total. The number of hydrogen-bond acceptors (Lipinski definition) is 6. The molecule has 1 unspecified atom stereocenters. The molecule has 1 aromatic heterocycles. The number of ether oxygens (including phenoxy) is 1. The van der Waals surface area contributed by atoms with Gasteiger partial charge in [0.15, 0.2) is 11.0 Å². The minimum Gasteiger partial charge on any atom is -0.379 e. The van der Waals surface area contributed by atoms with Crippen molar-refractivity contribution in [2.24, 2.45) is 5.73 Å². The summed E-state index contributed by atoms with van der Waals surface area (Å²) in [6.07, 6.45) is 0. The van der Waals surface area contributed by atoms with Gasteiger partial charge >= 0.3 is 0 Å². The molecule has 0 spiro atoms. The number of aromatic nitrogens is 3. The summed E-state index contributed by atoms with van der Waals surface area (Å²) in [5.74, 6) is -0.0522. The molecule has 26 heavy (non-hydrogen) atoms. The molecule has 0 radical (unpaired) electrons. The second-order valence-electron chi connectivity index (χ2n) is 6.08. The van der Waals surface area contributed by atoms with E-state index in [-0.39, 0.29) is 5.82 Å². The summed E-state index contributed by atoms with van der Waals surface area (Å²) < 4.78 is 20.6. The molecule has 1 atom stereocenters. The number of halogens is 1. The average molecular weight is 379 g/mol. The summed E-state index contributed by atoms with van der Waals surface area (Å²) in [5.41, 5.74) is 6.16. The van der Waals surface area contributed by atoms with Crippen LogP contribution in [0.5, 0.6) is 0 Å². The van der Waals surface area contributed by atoms with Gasteiger partial charge in [-0.1, -0.05) is 11.8 Å². The lowest BCUT2D eigenvalue weighted by atomic mass is 10.2. The number of thioether (sulfide) groups is 1. The van der Waals surface area contributed by atoms with Crippen LogP contribution in [0.1, 0.15) is 6.92 Å². The van der Waals surface area contributed by atoms with Crippen LogP contribution >= 0.6 is 11.8 Å². The van der Waals surface area contributed by atoms with Gasteiger partial charge in [0.25, 0.3) is 0 Å². The molecule has 7 nitrogen and oxygen atoms in total. The largest absolute Gasteiger partial charge is 0.379 e. The fourth-order valence-corrected chi connectivity index (χ4v) is 3.50. The fraction of sp³-hybridized carbons (Fsp3) is 0.471. The number of nitrogens with zero attached hydrogens (tertiary/aromatic N) is 4. The van der Waals surface area contributed by atoms with E-state index in [0.717, 1.165) is 38.4 Å². The van der Waals surface area contributed by atoms with Gasteiger partial charge in [0, 0.05) is 31.7 Å². The SMILES string of the molecule is CC(Sc1nnc(-c2ccc(F)cc2)n1CCN1CCOCC1)C(N)=O. The molecule has 0 bridgehead atoms. The maximum absolute atomic E-state index is 13.2. The van der Waals surface area contributed by atoms with Gasteiger partial charge in [-0.3, -0.25) is 9.69 Å². The third kappa shape index (κ3) is 4.60. The Morgan fingerprint density at radius 2 is 1.96 bits per heavy atom. The molecule has 9 heteroatoms. The lowest BCUT2D eigenvalue weighted by molar-refractivity contribution is -0.117. The van der Waals surface area contributed by atoms with Crippen molar-refractivity contribution in [2.45, 2.75) is 23.9 Å². The smallest absolute Gasteiger partial charge is 0.230 e. The first-order chi connectivity index (χ1) is 12.5. The second kappa shape index (κ2) is 8.61. The van der Waals surface area contributed by atoms with Crippen LogP contribution in [0.4, 0.5) is 4.39 Å². The highest BCUT2D eigenvalue weighted by Crippen LogP contribution is 2.27. The van der Waals surface area contributed by atoms with Crippen LogP contribution in [-0.2, 0) is 16.1 Å². The first-order valence-corrected chi connectivity index (χ1v) is 9.38. The predicted molar refractivity (Wildman–Crippen MR) is 97.2 cm³/mol. The minimum atomic E-state index is -0.414. The number of benzene rings is 1. The zero-order valence-electron chi connectivity index (χ0n) is 14.6. The highest BCUT2D eigenvalue weighted by atomic mass is 32.2. The maximum atomic E-state index is 13.2. The quantitative estimate of drug-likeness (QED) is 0.732. The van der Waals surface area contributed by atoms with Crippen molar-refractivity contribution in [3.63, 3.8) is 0 Å². The summed E-state index contributed by atoms with van der Waals surface area (Å²) in [4.78, 5) is 13.7. The highest BCUT2D eigenvalue weighted by Gasteiger charge is 2.20. The van der Waals surface area contributed by atoms with Gasteiger partial charge in [0.05, 0.1) is 18.5 Å². The second-order valence-corrected chi connectivity index (χ2v) is 7.39. The van der Waals surface area contributed by atoms with Crippen LogP contribution in [0.15, 0.2) is 29.4 Å². The van der Waals surface area contributed by atoms with E-state index in [9.17, 15) is 9.18 Å². The Balaban J connectivity index is 1.84. The Morgan fingerprint density at radius 3 is 2.62 bits per heavy atom. The number of rotatable bonds is 7. The van der Waals surface area contributed by atoms with E-state index in [1.54, 1.807) is 19.1 Å². The molecular formula is C17H22FN5O2S. The molecule has 1 aliphatic rings.